The van der Waals surface area contributed by atoms with E-state index in [0.717, 1.165) is 5.56 Å². The van der Waals surface area contributed by atoms with E-state index in [0.29, 0.717) is 17.9 Å². The van der Waals surface area contributed by atoms with E-state index in [1.165, 1.54) is 6.92 Å². The summed E-state index contributed by atoms with van der Waals surface area (Å²) in [5, 5.41) is 5.36. The SMILES string of the molecule is CC(=O)Nc1cccc(NC(=O)CC(=O)N(Cc2ccccc2)C(C)C)c1. The van der Waals surface area contributed by atoms with E-state index in [1.54, 1.807) is 29.2 Å². The van der Waals surface area contributed by atoms with Crippen LogP contribution in [-0.2, 0) is 20.9 Å². The molecule has 0 saturated heterocycles. The third-order valence-electron chi connectivity index (χ3n) is 3.92. The summed E-state index contributed by atoms with van der Waals surface area (Å²) in [4.78, 5) is 37.7. The number of hydrogen-bond donors (Lipinski definition) is 2. The first-order valence-corrected chi connectivity index (χ1v) is 8.86. The van der Waals surface area contributed by atoms with E-state index in [4.69, 9.17) is 0 Å². The Morgan fingerprint density at radius 2 is 1.56 bits per heavy atom. The van der Waals surface area contributed by atoms with Gasteiger partial charge in [-0.25, -0.2) is 0 Å². The molecule has 0 aliphatic carbocycles. The van der Waals surface area contributed by atoms with Crippen LogP contribution < -0.4 is 10.6 Å². The van der Waals surface area contributed by atoms with Gasteiger partial charge in [0.05, 0.1) is 0 Å². The summed E-state index contributed by atoms with van der Waals surface area (Å²) in [5.74, 6) is -0.815. The number of rotatable bonds is 7. The topological polar surface area (TPSA) is 78.5 Å². The van der Waals surface area contributed by atoms with Crippen LogP contribution in [0.2, 0.25) is 0 Å². The largest absolute Gasteiger partial charge is 0.336 e. The summed E-state index contributed by atoms with van der Waals surface area (Å²) in [6, 6.07) is 16.5. The van der Waals surface area contributed by atoms with Gasteiger partial charge in [0.2, 0.25) is 17.7 Å². The van der Waals surface area contributed by atoms with Crippen LogP contribution in [0.15, 0.2) is 54.6 Å². The molecule has 0 saturated carbocycles. The Hall–Kier alpha value is -3.15. The number of carbonyl (C=O) groups is 3. The van der Waals surface area contributed by atoms with E-state index < -0.39 is 5.91 Å². The molecule has 0 heterocycles. The van der Waals surface area contributed by atoms with Gasteiger partial charge in [0.15, 0.2) is 0 Å². The quantitative estimate of drug-likeness (QED) is 0.736. The first kappa shape index (κ1) is 20.2. The minimum absolute atomic E-state index is 0.0198. The van der Waals surface area contributed by atoms with Crippen LogP contribution in [0.4, 0.5) is 11.4 Å². The summed E-state index contributed by atoms with van der Waals surface area (Å²) in [6.07, 6.45) is -0.241. The molecule has 142 valence electrons. The predicted molar refractivity (Wildman–Crippen MR) is 106 cm³/mol. The second kappa shape index (κ2) is 9.52. The van der Waals surface area contributed by atoms with Crippen molar-refractivity contribution in [2.75, 3.05) is 10.6 Å². The molecule has 0 aromatic heterocycles. The highest BCUT2D eigenvalue weighted by Crippen LogP contribution is 2.16. The van der Waals surface area contributed by atoms with Gasteiger partial charge in [-0.05, 0) is 37.6 Å². The second-order valence-corrected chi connectivity index (χ2v) is 6.59. The molecule has 3 amide bonds. The van der Waals surface area contributed by atoms with Crippen molar-refractivity contribution in [3.05, 3.63) is 60.2 Å². The number of amides is 3. The number of anilines is 2. The first-order valence-electron chi connectivity index (χ1n) is 8.86. The van der Waals surface area contributed by atoms with Crippen LogP contribution in [0.5, 0.6) is 0 Å². The van der Waals surface area contributed by atoms with Gasteiger partial charge in [0.25, 0.3) is 0 Å². The summed E-state index contributed by atoms with van der Waals surface area (Å²) >= 11 is 0. The molecule has 0 aliphatic rings. The third-order valence-corrected chi connectivity index (χ3v) is 3.92. The number of hydrogen-bond acceptors (Lipinski definition) is 3. The van der Waals surface area contributed by atoms with Gasteiger partial charge in [0.1, 0.15) is 6.42 Å². The van der Waals surface area contributed by atoms with Crippen LogP contribution in [-0.4, -0.2) is 28.7 Å². The Bertz CT molecular complexity index is 803. The fourth-order valence-electron chi connectivity index (χ4n) is 2.66. The van der Waals surface area contributed by atoms with Crippen molar-refractivity contribution in [1.29, 1.82) is 0 Å². The van der Waals surface area contributed by atoms with Crippen molar-refractivity contribution >= 4 is 29.1 Å². The number of carbonyl (C=O) groups excluding carboxylic acids is 3. The molecule has 6 heteroatoms. The van der Waals surface area contributed by atoms with Crippen LogP contribution in [0.1, 0.15) is 32.8 Å². The number of nitrogens with zero attached hydrogens (tertiary/aromatic N) is 1. The van der Waals surface area contributed by atoms with E-state index in [2.05, 4.69) is 10.6 Å². The third kappa shape index (κ3) is 6.58. The molecule has 27 heavy (non-hydrogen) atoms. The van der Waals surface area contributed by atoms with Crippen molar-refractivity contribution in [2.24, 2.45) is 0 Å². The smallest absolute Gasteiger partial charge is 0.233 e. The predicted octanol–water partition coefficient (Wildman–Crippen LogP) is 3.41. The molecule has 0 bridgehead atoms. The normalized spacial score (nSPS) is 10.4. The standard InChI is InChI=1S/C21H25N3O3/c1-15(2)24(14-17-8-5-4-6-9-17)21(27)13-20(26)23-19-11-7-10-18(12-19)22-16(3)25/h4-12,15H,13-14H2,1-3H3,(H,22,25)(H,23,26). The van der Waals surface area contributed by atoms with Gasteiger partial charge in [-0.2, -0.15) is 0 Å². The number of benzene rings is 2. The lowest BCUT2D eigenvalue weighted by Crippen LogP contribution is -2.38. The molecule has 6 nitrogen and oxygen atoms in total. The van der Waals surface area contributed by atoms with E-state index in [1.807, 2.05) is 44.2 Å². The van der Waals surface area contributed by atoms with Crippen molar-refractivity contribution in [2.45, 2.75) is 39.8 Å². The van der Waals surface area contributed by atoms with Crippen molar-refractivity contribution in [1.82, 2.24) is 4.90 Å². The Kier molecular flexibility index (Phi) is 7.11. The fourth-order valence-corrected chi connectivity index (χ4v) is 2.66. The molecule has 0 radical (unpaired) electrons. The summed E-state index contributed by atoms with van der Waals surface area (Å²) in [6.45, 7) is 5.73. The zero-order valence-electron chi connectivity index (χ0n) is 15.9. The Balaban J connectivity index is 1.98. The van der Waals surface area contributed by atoms with Gasteiger partial charge in [-0.1, -0.05) is 36.4 Å². The fraction of sp³-hybridized carbons (Fsp3) is 0.286. The molecule has 0 aliphatic heterocycles. The average molecular weight is 367 g/mol. The highest BCUT2D eigenvalue weighted by atomic mass is 16.2. The van der Waals surface area contributed by atoms with Crippen LogP contribution in [0, 0.1) is 0 Å². The molecule has 2 rings (SSSR count). The van der Waals surface area contributed by atoms with Crippen molar-refractivity contribution in [3.63, 3.8) is 0 Å². The van der Waals surface area contributed by atoms with Crippen LogP contribution >= 0.6 is 0 Å². The molecule has 0 unspecified atom stereocenters. The van der Waals surface area contributed by atoms with Crippen molar-refractivity contribution in [3.8, 4) is 0 Å². The number of nitrogens with one attached hydrogen (secondary N) is 2. The van der Waals surface area contributed by atoms with Gasteiger partial charge in [-0.15, -0.1) is 0 Å². The van der Waals surface area contributed by atoms with E-state index >= 15 is 0 Å². The minimum Gasteiger partial charge on any atom is -0.336 e. The van der Waals surface area contributed by atoms with Gasteiger partial charge >= 0.3 is 0 Å². The van der Waals surface area contributed by atoms with Gasteiger partial charge < -0.3 is 15.5 Å². The molecule has 2 N–H and O–H groups in total. The highest BCUT2D eigenvalue weighted by Gasteiger charge is 2.20. The zero-order valence-corrected chi connectivity index (χ0v) is 15.9. The summed E-state index contributed by atoms with van der Waals surface area (Å²) in [5.41, 5.74) is 2.13. The lowest BCUT2D eigenvalue weighted by Gasteiger charge is -2.26. The molecule has 0 atom stereocenters. The summed E-state index contributed by atoms with van der Waals surface area (Å²) in [7, 11) is 0. The summed E-state index contributed by atoms with van der Waals surface area (Å²) < 4.78 is 0. The highest BCUT2D eigenvalue weighted by molar-refractivity contribution is 6.04. The van der Waals surface area contributed by atoms with Gasteiger partial charge in [0, 0.05) is 30.9 Å². The second-order valence-electron chi connectivity index (χ2n) is 6.59. The Labute approximate surface area is 159 Å². The molecule has 0 fully saturated rings. The lowest BCUT2D eigenvalue weighted by molar-refractivity contribution is -0.136. The van der Waals surface area contributed by atoms with Crippen LogP contribution in [0.3, 0.4) is 0 Å². The molecule has 2 aromatic carbocycles. The molecule has 2 aromatic rings. The Morgan fingerprint density at radius 1 is 0.926 bits per heavy atom. The van der Waals surface area contributed by atoms with Crippen molar-refractivity contribution < 1.29 is 14.4 Å². The average Bonchev–Trinajstić information content (AvgIpc) is 2.59. The van der Waals surface area contributed by atoms with Crippen LogP contribution in [0.25, 0.3) is 0 Å². The maximum absolute atomic E-state index is 12.6. The van der Waals surface area contributed by atoms with E-state index in [9.17, 15) is 14.4 Å². The maximum Gasteiger partial charge on any atom is 0.233 e. The molecule has 0 spiro atoms. The maximum atomic E-state index is 12.6. The Morgan fingerprint density at radius 3 is 2.15 bits per heavy atom. The lowest BCUT2D eigenvalue weighted by atomic mass is 10.1. The monoisotopic (exact) mass is 367 g/mol. The van der Waals surface area contributed by atoms with E-state index in [-0.39, 0.29) is 24.3 Å². The zero-order chi connectivity index (χ0) is 19.8. The first-order chi connectivity index (χ1) is 12.8. The molecular weight excluding hydrogens is 342 g/mol. The minimum atomic E-state index is -0.390. The molecular formula is C21H25N3O3. The van der Waals surface area contributed by atoms with Gasteiger partial charge in [-0.3, -0.25) is 14.4 Å².